The molecule has 0 unspecified atom stereocenters. The molecule has 0 bridgehead atoms. The molecule has 1 N–H and O–H groups in total. The first-order valence-electron chi connectivity index (χ1n) is 3.29. The zero-order valence-electron chi connectivity index (χ0n) is 6.18. The highest BCUT2D eigenvalue weighted by Crippen LogP contribution is 1.91. The summed E-state index contributed by atoms with van der Waals surface area (Å²) in [6.45, 7) is 4.13. The third-order valence-electron chi connectivity index (χ3n) is 1.00. The Hall–Kier alpha value is -1.23. The summed E-state index contributed by atoms with van der Waals surface area (Å²) in [5.74, 6) is 6.44. The van der Waals surface area contributed by atoms with Crippen LogP contribution in [0.2, 0.25) is 0 Å². The van der Waals surface area contributed by atoms with Gasteiger partial charge in [0.2, 0.25) is 0 Å². The Bertz CT molecular complexity index is 236. The first kappa shape index (κ1) is 6.88. The summed E-state index contributed by atoms with van der Waals surface area (Å²) in [6.07, 6.45) is 3.50. The average Bonchev–Trinajstić information content (AvgIpc) is 2.34. The average molecular weight is 134 g/mol. The molecule has 0 aliphatic heterocycles. The van der Waals surface area contributed by atoms with E-state index in [9.17, 15) is 0 Å². The molecule has 0 saturated heterocycles. The summed E-state index contributed by atoms with van der Waals surface area (Å²) in [4.78, 5) is 0. The van der Waals surface area contributed by atoms with Crippen molar-refractivity contribution in [2.45, 2.75) is 13.8 Å². The molecule has 2 heteroatoms. The van der Waals surface area contributed by atoms with Gasteiger partial charge in [0.05, 0.1) is 11.8 Å². The number of aromatic nitrogens is 2. The molecule has 2 nitrogen and oxygen atoms in total. The number of hydrogen-bond acceptors (Lipinski definition) is 1. The fourth-order valence-electron chi connectivity index (χ4n) is 0.547. The molecule has 0 spiro atoms. The van der Waals surface area contributed by atoms with Crippen LogP contribution in [0, 0.1) is 17.8 Å². The van der Waals surface area contributed by atoms with E-state index in [0.717, 1.165) is 5.56 Å². The second-order valence-electron chi connectivity index (χ2n) is 2.41. The number of H-pyrrole nitrogens is 1. The van der Waals surface area contributed by atoms with E-state index < -0.39 is 0 Å². The molecule has 0 atom stereocenters. The van der Waals surface area contributed by atoms with E-state index in [-0.39, 0.29) is 0 Å². The Kier molecular flexibility index (Phi) is 2.11. The summed E-state index contributed by atoms with van der Waals surface area (Å²) < 4.78 is 0. The first-order valence-corrected chi connectivity index (χ1v) is 3.29. The van der Waals surface area contributed by atoms with Crippen molar-refractivity contribution in [1.82, 2.24) is 10.2 Å². The van der Waals surface area contributed by atoms with E-state index in [2.05, 4.69) is 35.9 Å². The minimum absolute atomic E-state index is 0.426. The van der Waals surface area contributed by atoms with Crippen LogP contribution in [0.3, 0.4) is 0 Å². The summed E-state index contributed by atoms with van der Waals surface area (Å²) in [5, 5.41) is 6.47. The predicted octanol–water partition coefficient (Wildman–Crippen LogP) is 1.42. The third kappa shape index (κ3) is 1.94. The Morgan fingerprint density at radius 2 is 2.40 bits per heavy atom. The molecule has 52 valence electrons. The van der Waals surface area contributed by atoms with Crippen LogP contribution in [0.5, 0.6) is 0 Å². The van der Waals surface area contributed by atoms with Gasteiger partial charge < -0.3 is 0 Å². The van der Waals surface area contributed by atoms with Crippen molar-refractivity contribution < 1.29 is 0 Å². The molecule has 1 heterocycles. The van der Waals surface area contributed by atoms with Crippen LogP contribution in [0.4, 0.5) is 0 Å². The molecule has 0 fully saturated rings. The molecule has 1 rings (SSSR count). The van der Waals surface area contributed by atoms with Crippen molar-refractivity contribution in [3.05, 3.63) is 18.0 Å². The van der Waals surface area contributed by atoms with Crippen LogP contribution >= 0.6 is 0 Å². The Labute approximate surface area is 60.7 Å². The second-order valence-corrected chi connectivity index (χ2v) is 2.41. The van der Waals surface area contributed by atoms with Gasteiger partial charge in [0.25, 0.3) is 0 Å². The standard InChI is InChI=1S/C8H10N2/c1-7(2)3-4-8-5-9-10-6-8/h5-7H,1-2H3,(H,9,10). The van der Waals surface area contributed by atoms with Gasteiger partial charge in [-0.05, 0) is 0 Å². The van der Waals surface area contributed by atoms with E-state index >= 15 is 0 Å². The Morgan fingerprint density at radius 1 is 1.60 bits per heavy atom. The highest BCUT2D eigenvalue weighted by atomic mass is 15.1. The van der Waals surface area contributed by atoms with E-state index in [0.29, 0.717) is 5.92 Å². The third-order valence-corrected chi connectivity index (χ3v) is 1.00. The molecular weight excluding hydrogens is 124 g/mol. The molecule has 0 amide bonds. The van der Waals surface area contributed by atoms with Crippen LogP contribution in [0.15, 0.2) is 12.4 Å². The van der Waals surface area contributed by atoms with Gasteiger partial charge >= 0.3 is 0 Å². The fourth-order valence-corrected chi connectivity index (χ4v) is 0.547. The fraction of sp³-hybridized carbons (Fsp3) is 0.375. The summed E-state index contributed by atoms with van der Waals surface area (Å²) >= 11 is 0. The number of nitrogens with zero attached hydrogens (tertiary/aromatic N) is 1. The molecule has 0 aromatic carbocycles. The van der Waals surface area contributed by atoms with Crippen molar-refractivity contribution >= 4 is 0 Å². The van der Waals surface area contributed by atoms with Crippen molar-refractivity contribution in [1.29, 1.82) is 0 Å². The lowest BCUT2D eigenvalue weighted by Gasteiger charge is -1.84. The van der Waals surface area contributed by atoms with Gasteiger partial charge in [-0.2, -0.15) is 5.10 Å². The van der Waals surface area contributed by atoms with Gasteiger partial charge in [0, 0.05) is 12.1 Å². The maximum Gasteiger partial charge on any atom is 0.0644 e. The Balaban J connectivity index is 2.66. The van der Waals surface area contributed by atoms with E-state index in [1.54, 1.807) is 12.4 Å². The van der Waals surface area contributed by atoms with Crippen LogP contribution in [-0.2, 0) is 0 Å². The van der Waals surface area contributed by atoms with Crippen LogP contribution in [0.1, 0.15) is 19.4 Å². The van der Waals surface area contributed by atoms with E-state index in [1.807, 2.05) is 0 Å². The van der Waals surface area contributed by atoms with Crippen LogP contribution in [0.25, 0.3) is 0 Å². The summed E-state index contributed by atoms with van der Waals surface area (Å²) in [6, 6.07) is 0. The minimum Gasteiger partial charge on any atom is -0.284 e. The van der Waals surface area contributed by atoms with Crippen molar-refractivity contribution in [3.8, 4) is 11.8 Å². The highest BCUT2D eigenvalue weighted by Gasteiger charge is 1.85. The lowest BCUT2D eigenvalue weighted by Crippen LogP contribution is -1.77. The molecule has 10 heavy (non-hydrogen) atoms. The topological polar surface area (TPSA) is 28.7 Å². The lowest BCUT2D eigenvalue weighted by molar-refractivity contribution is 0.866. The molecular formula is C8H10N2. The summed E-state index contributed by atoms with van der Waals surface area (Å²) in [5.41, 5.74) is 0.953. The lowest BCUT2D eigenvalue weighted by atomic mass is 10.2. The number of hydrogen-bond donors (Lipinski definition) is 1. The number of rotatable bonds is 0. The quantitative estimate of drug-likeness (QED) is 0.534. The van der Waals surface area contributed by atoms with Crippen molar-refractivity contribution in [2.24, 2.45) is 5.92 Å². The maximum absolute atomic E-state index is 3.77. The second kappa shape index (κ2) is 3.07. The molecule has 1 aromatic heterocycles. The molecule has 0 aliphatic carbocycles. The van der Waals surface area contributed by atoms with Gasteiger partial charge in [-0.25, -0.2) is 0 Å². The highest BCUT2D eigenvalue weighted by molar-refractivity contribution is 5.29. The zero-order chi connectivity index (χ0) is 7.40. The van der Waals surface area contributed by atoms with Crippen LogP contribution in [-0.4, -0.2) is 10.2 Å². The molecule has 0 aliphatic rings. The van der Waals surface area contributed by atoms with Crippen LogP contribution < -0.4 is 0 Å². The predicted molar refractivity (Wildman–Crippen MR) is 40.3 cm³/mol. The molecule has 0 saturated carbocycles. The Morgan fingerprint density at radius 3 is 2.90 bits per heavy atom. The smallest absolute Gasteiger partial charge is 0.0644 e. The van der Waals surface area contributed by atoms with E-state index in [1.165, 1.54) is 0 Å². The van der Waals surface area contributed by atoms with Gasteiger partial charge in [0.15, 0.2) is 0 Å². The first-order chi connectivity index (χ1) is 4.79. The van der Waals surface area contributed by atoms with Gasteiger partial charge in [0.1, 0.15) is 0 Å². The minimum atomic E-state index is 0.426. The van der Waals surface area contributed by atoms with Gasteiger partial charge in [-0.3, -0.25) is 5.10 Å². The number of nitrogens with one attached hydrogen (secondary N) is 1. The SMILES string of the molecule is CC(C)C#Cc1cn[nH]c1. The largest absolute Gasteiger partial charge is 0.284 e. The van der Waals surface area contributed by atoms with E-state index in [4.69, 9.17) is 0 Å². The molecule has 1 aromatic rings. The normalized spacial score (nSPS) is 9.10. The monoisotopic (exact) mass is 134 g/mol. The molecule has 0 radical (unpaired) electrons. The maximum atomic E-state index is 3.77. The zero-order valence-corrected chi connectivity index (χ0v) is 6.18. The van der Waals surface area contributed by atoms with Crippen molar-refractivity contribution in [2.75, 3.05) is 0 Å². The van der Waals surface area contributed by atoms with Gasteiger partial charge in [-0.1, -0.05) is 25.7 Å². The number of aromatic amines is 1. The van der Waals surface area contributed by atoms with Crippen molar-refractivity contribution in [3.63, 3.8) is 0 Å². The van der Waals surface area contributed by atoms with Gasteiger partial charge in [-0.15, -0.1) is 0 Å². The summed E-state index contributed by atoms with van der Waals surface area (Å²) in [7, 11) is 0.